The summed E-state index contributed by atoms with van der Waals surface area (Å²) in [6.45, 7) is 3.99. The Morgan fingerprint density at radius 1 is 1.09 bits per heavy atom. The molecule has 1 heterocycles. The van der Waals surface area contributed by atoms with Crippen LogP contribution in [0.4, 0.5) is 0 Å². The summed E-state index contributed by atoms with van der Waals surface area (Å²) in [6.07, 6.45) is 2.55. The van der Waals surface area contributed by atoms with Crippen LogP contribution in [0.3, 0.4) is 0 Å². The molecule has 3 aromatic carbocycles. The average Bonchev–Trinajstić information content (AvgIpc) is 3.18. The number of ether oxygens (including phenoxy) is 1. The number of aryl methyl sites for hydroxylation is 2. The normalized spacial score (nSPS) is 11.0. The highest BCUT2D eigenvalue weighted by molar-refractivity contribution is 9.10. The predicted molar refractivity (Wildman–Crippen MR) is 141 cm³/mol. The van der Waals surface area contributed by atoms with Crippen molar-refractivity contribution in [3.63, 3.8) is 0 Å². The molecule has 0 aliphatic rings. The zero-order valence-corrected chi connectivity index (χ0v) is 21.4. The Bertz CT molecular complexity index is 1290. The number of para-hydroxylation sites is 2. The summed E-state index contributed by atoms with van der Waals surface area (Å²) in [4.78, 5) is 17.3. The van der Waals surface area contributed by atoms with Crippen LogP contribution in [0, 0.1) is 6.92 Å². The molecule has 0 saturated carbocycles. The average molecular weight is 541 g/mol. The minimum Gasteiger partial charge on any atom is -0.494 e. The lowest BCUT2D eigenvalue weighted by atomic mass is 10.2. The maximum absolute atomic E-state index is 12.5. The van der Waals surface area contributed by atoms with Crippen LogP contribution in [0.5, 0.6) is 5.75 Å². The number of carbonyl (C=O) groups is 1. The van der Waals surface area contributed by atoms with E-state index in [9.17, 15) is 4.79 Å². The molecule has 0 unspecified atom stereocenters. The summed E-state index contributed by atoms with van der Waals surface area (Å²) in [7, 11) is 0. The van der Waals surface area contributed by atoms with Gasteiger partial charge in [-0.2, -0.15) is 0 Å². The fraction of sp³-hybridized carbons (Fsp3) is 0.259. The highest BCUT2D eigenvalue weighted by atomic mass is 79.9. The Morgan fingerprint density at radius 3 is 2.76 bits per heavy atom. The lowest BCUT2D eigenvalue weighted by Crippen LogP contribution is -2.26. The molecule has 5 nitrogen and oxygen atoms in total. The van der Waals surface area contributed by atoms with Gasteiger partial charge >= 0.3 is 0 Å². The van der Waals surface area contributed by atoms with Gasteiger partial charge in [-0.05, 0) is 73.9 Å². The predicted octanol–water partition coefficient (Wildman–Crippen LogP) is 6.59. The van der Waals surface area contributed by atoms with Gasteiger partial charge in [0.05, 0.1) is 17.6 Å². The van der Waals surface area contributed by atoms with Crippen LogP contribution in [0.1, 0.15) is 34.6 Å². The molecule has 0 atom stereocenters. The fourth-order valence-electron chi connectivity index (χ4n) is 3.85. The van der Waals surface area contributed by atoms with E-state index >= 15 is 0 Å². The molecular formula is C27H27BrClN3O2. The number of unbranched alkanes of at least 4 members (excludes halogenated alkanes) is 1. The molecule has 176 valence electrons. The summed E-state index contributed by atoms with van der Waals surface area (Å²) < 4.78 is 9.03. The Kier molecular flexibility index (Phi) is 8.25. The van der Waals surface area contributed by atoms with Gasteiger partial charge in [0.15, 0.2) is 0 Å². The Balaban J connectivity index is 1.33. The number of nitrogens with one attached hydrogen (secondary N) is 1. The van der Waals surface area contributed by atoms with Gasteiger partial charge in [0.1, 0.15) is 11.6 Å². The molecule has 0 radical (unpaired) electrons. The molecule has 34 heavy (non-hydrogen) atoms. The van der Waals surface area contributed by atoms with E-state index in [1.165, 1.54) is 0 Å². The Hall–Kier alpha value is -2.83. The highest BCUT2D eigenvalue weighted by Gasteiger charge is 2.12. The molecule has 1 N–H and O–H groups in total. The molecule has 1 amide bonds. The van der Waals surface area contributed by atoms with Crippen molar-refractivity contribution in [1.29, 1.82) is 0 Å². The zero-order chi connectivity index (χ0) is 23.9. The van der Waals surface area contributed by atoms with Crippen molar-refractivity contribution in [2.24, 2.45) is 0 Å². The van der Waals surface area contributed by atoms with Crippen molar-refractivity contribution < 1.29 is 9.53 Å². The Morgan fingerprint density at radius 2 is 1.94 bits per heavy atom. The molecule has 0 bridgehead atoms. The summed E-state index contributed by atoms with van der Waals surface area (Å²) in [5, 5.41) is 3.76. The van der Waals surface area contributed by atoms with Gasteiger partial charge in [0.2, 0.25) is 0 Å². The second-order valence-corrected chi connectivity index (χ2v) is 9.47. The van der Waals surface area contributed by atoms with Crippen LogP contribution in [0.15, 0.2) is 71.2 Å². The SMILES string of the molecule is Cc1cc(OCCCCn2c(CCNC(=O)c3cccc(Br)c3)nc3ccccc32)ccc1Cl. The molecule has 4 rings (SSSR count). The minimum atomic E-state index is -0.0847. The van der Waals surface area contributed by atoms with Gasteiger partial charge in [0, 0.05) is 34.6 Å². The lowest BCUT2D eigenvalue weighted by molar-refractivity contribution is 0.0954. The molecule has 7 heteroatoms. The van der Waals surface area contributed by atoms with Gasteiger partial charge < -0.3 is 14.6 Å². The summed E-state index contributed by atoms with van der Waals surface area (Å²) >= 11 is 9.50. The first-order valence-corrected chi connectivity index (χ1v) is 12.6. The first-order valence-electron chi connectivity index (χ1n) is 11.4. The molecule has 1 aromatic heterocycles. The molecule has 0 spiro atoms. The number of nitrogens with zero attached hydrogens (tertiary/aromatic N) is 2. The number of imidazole rings is 1. The van der Waals surface area contributed by atoms with Crippen LogP contribution in [-0.2, 0) is 13.0 Å². The minimum absolute atomic E-state index is 0.0847. The van der Waals surface area contributed by atoms with Gasteiger partial charge in [0.25, 0.3) is 5.91 Å². The van der Waals surface area contributed by atoms with E-state index in [-0.39, 0.29) is 5.91 Å². The first kappa shape index (κ1) is 24.3. The van der Waals surface area contributed by atoms with Crippen LogP contribution < -0.4 is 10.1 Å². The number of carbonyl (C=O) groups excluding carboxylic acids is 1. The summed E-state index contributed by atoms with van der Waals surface area (Å²) in [5.74, 6) is 1.74. The molecule has 0 aliphatic carbocycles. The van der Waals surface area contributed by atoms with E-state index in [1.807, 2.05) is 67.6 Å². The lowest BCUT2D eigenvalue weighted by Gasteiger charge is -2.11. The third-order valence-corrected chi connectivity index (χ3v) is 6.55. The maximum atomic E-state index is 12.5. The van der Waals surface area contributed by atoms with Crippen molar-refractivity contribution in [2.75, 3.05) is 13.2 Å². The van der Waals surface area contributed by atoms with E-state index in [1.54, 1.807) is 0 Å². The molecule has 0 saturated heterocycles. The number of amides is 1. The number of benzene rings is 3. The van der Waals surface area contributed by atoms with E-state index in [0.29, 0.717) is 25.1 Å². The molecule has 4 aromatic rings. The molecular weight excluding hydrogens is 514 g/mol. The maximum Gasteiger partial charge on any atom is 0.251 e. The number of hydrogen-bond acceptors (Lipinski definition) is 3. The van der Waals surface area contributed by atoms with Crippen molar-refractivity contribution in [2.45, 2.75) is 32.7 Å². The molecule has 0 fully saturated rings. The van der Waals surface area contributed by atoms with Crippen molar-refractivity contribution in [1.82, 2.24) is 14.9 Å². The number of hydrogen-bond donors (Lipinski definition) is 1. The second-order valence-electron chi connectivity index (χ2n) is 8.15. The van der Waals surface area contributed by atoms with Crippen LogP contribution >= 0.6 is 27.5 Å². The van der Waals surface area contributed by atoms with Gasteiger partial charge in [-0.3, -0.25) is 4.79 Å². The number of aromatic nitrogens is 2. The number of halogens is 2. The third-order valence-electron chi connectivity index (χ3n) is 5.63. The summed E-state index contributed by atoms with van der Waals surface area (Å²) in [5.41, 5.74) is 3.74. The second kappa shape index (κ2) is 11.5. The number of rotatable bonds is 10. The van der Waals surface area contributed by atoms with Crippen LogP contribution in [0.2, 0.25) is 5.02 Å². The Labute approximate surface area is 213 Å². The largest absolute Gasteiger partial charge is 0.494 e. The monoisotopic (exact) mass is 539 g/mol. The van der Waals surface area contributed by atoms with E-state index in [2.05, 4.69) is 31.9 Å². The quantitative estimate of drug-likeness (QED) is 0.231. The van der Waals surface area contributed by atoms with Crippen molar-refractivity contribution in [3.05, 3.63) is 93.2 Å². The van der Waals surface area contributed by atoms with Gasteiger partial charge in [-0.1, -0.05) is 45.7 Å². The number of fused-ring (bicyclic) bond motifs is 1. The van der Waals surface area contributed by atoms with E-state index in [0.717, 1.165) is 57.1 Å². The van der Waals surface area contributed by atoms with Crippen molar-refractivity contribution in [3.8, 4) is 5.75 Å². The molecule has 0 aliphatic heterocycles. The van der Waals surface area contributed by atoms with Gasteiger partial charge in [-0.15, -0.1) is 0 Å². The smallest absolute Gasteiger partial charge is 0.251 e. The van der Waals surface area contributed by atoms with Crippen molar-refractivity contribution >= 4 is 44.5 Å². The van der Waals surface area contributed by atoms with Crippen LogP contribution in [-0.4, -0.2) is 28.6 Å². The highest BCUT2D eigenvalue weighted by Crippen LogP contribution is 2.22. The fourth-order valence-corrected chi connectivity index (χ4v) is 4.37. The van der Waals surface area contributed by atoms with Crippen LogP contribution in [0.25, 0.3) is 11.0 Å². The van der Waals surface area contributed by atoms with E-state index < -0.39 is 0 Å². The van der Waals surface area contributed by atoms with E-state index in [4.69, 9.17) is 21.3 Å². The standard InChI is InChI=1S/C27H27BrClN3O2/c1-19-17-22(11-12-23(19)29)34-16-5-4-15-32-25-10-3-2-9-24(25)31-26(32)13-14-30-27(33)20-7-6-8-21(28)18-20/h2-3,6-12,17-18H,4-5,13-16H2,1H3,(H,30,33). The topological polar surface area (TPSA) is 56.1 Å². The summed E-state index contributed by atoms with van der Waals surface area (Å²) in [6, 6.07) is 21.3. The first-order chi connectivity index (χ1) is 16.5. The van der Waals surface area contributed by atoms with Gasteiger partial charge in [-0.25, -0.2) is 4.98 Å². The third kappa shape index (κ3) is 6.19. The zero-order valence-electron chi connectivity index (χ0n) is 19.1.